The zero-order valence-corrected chi connectivity index (χ0v) is 13.4. The van der Waals surface area contributed by atoms with Gasteiger partial charge in [0.15, 0.2) is 5.78 Å². The molecule has 0 heterocycles. The van der Waals surface area contributed by atoms with Crippen molar-refractivity contribution in [2.45, 2.75) is 18.1 Å². The fraction of sp³-hybridized carbons (Fsp3) is 0.444. The van der Waals surface area contributed by atoms with Crippen molar-refractivity contribution in [2.75, 3.05) is 21.3 Å². The molecule has 3 aliphatic carbocycles. The van der Waals surface area contributed by atoms with Crippen molar-refractivity contribution in [1.82, 2.24) is 0 Å². The van der Waals surface area contributed by atoms with Crippen LogP contribution in [0, 0.1) is 11.8 Å². The summed E-state index contributed by atoms with van der Waals surface area (Å²) in [4.78, 5) is 25.1. The molecule has 5 heteroatoms. The van der Waals surface area contributed by atoms with Crippen LogP contribution in [0.15, 0.2) is 42.0 Å². The Morgan fingerprint density at radius 3 is 2.35 bits per heavy atom. The predicted molar refractivity (Wildman–Crippen MR) is 82.6 cm³/mol. The molecule has 4 rings (SSSR count). The van der Waals surface area contributed by atoms with Gasteiger partial charge in [-0.2, -0.15) is 0 Å². The van der Waals surface area contributed by atoms with Crippen LogP contribution >= 0.6 is 0 Å². The summed E-state index contributed by atoms with van der Waals surface area (Å²) in [5, 5.41) is 0. The van der Waals surface area contributed by atoms with Crippen molar-refractivity contribution >= 4 is 11.8 Å². The lowest BCUT2D eigenvalue weighted by atomic mass is 9.60. The first-order chi connectivity index (χ1) is 11.1. The van der Waals surface area contributed by atoms with Crippen LogP contribution in [-0.2, 0) is 23.8 Å². The SMILES string of the molecule is COC(=O)C1=C[C@@H]2C(=O)C(OC)(OC)[C@H]1C[C@@H]2c1ccccc1. The lowest BCUT2D eigenvalue weighted by molar-refractivity contribution is -0.239. The van der Waals surface area contributed by atoms with Crippen LogP contribution in [0.2, 0.25) is 0 Å². The Bertz CT molecular complexity index is 645. The predicted octanol–water partition coefficient (Wildman–Crippen LogP) is 2.08. The molecule has 0 aliphatic heterocycles. The number of methoxy groups -OCH3 is 3. The van der Waals surface area contributed by atoms with Crippen LogP contribution in [-0.4, -0.2) is 38.9 Å². The molecule has 5 nitrogen and oxygen atoms in total. The van der Waals surface area contributed by atoms with Crippen LogP contribution in [0.1, 0.15) is 17.9 Å². The number of fused-ring (bicyclic) bond motifs is 2. The second kappa shape index (κ2) is 5.91. The summed E-state index contributed by atoms with van der Waals surface area (Å²) in [5.41, 5.74) is 1.55. The van der Waals surface area contributed by atoms with Crippen LogP contribution < -0.4 is 0 Å². The first-order valence-corrected chi connectivity index (χ1v) is 7.58. The molecule has 3 atom stereocenters. The number of ether oxygens (including phenoxy) is 3. The fourth-order valence-corrected chi connectivity index (χ4v) is 3.92. The third-order valence-electron chi connectivity index (χ3n) is 5.02. The highest BCUT2D eigenvalue weighted by molar-refractivity contribution is 6.00. The van der Waals surface area contributed by atoms with Crippen molar-refractivity contribution in [3.05, 3.63) is 47.5 Å². The summed E-state index contributed by atoms with van der Waals surface area (Å²) >= 11 is 0. The van der Waals surface area contributed by atoms with E-state index in [1.165, 1.54) is 21.3 Å². The molecule has 1 saturated carbocycles. The van der Waals surface area contributed by atoms with E-state index in [9.17, 15) is 9.59 Å². The Morgan fingerprint density at radius 2 is 1.78 bits per heavy atom. The normalized spacial score (nSPS) is 28.4. The summed E-state index contributed by atoms with van der Waals surface area (Å²) < 4.78 is 15.8. The van der Waals surface area contributed by atoms with Gasteiger partial charge < -0.3 is 14.2 Å². The summed E-state index contributed by atoms with van der Waals surface area (Å²) in [6.07, 6.45) is 2.33. The van der Waals surface area contributed by atoms with E-state index in [1.807, 2.05) is 30.3 Å². The second-order valence-electron chi connectivity index (χ2n) is 5.88. The molecule has 122 valence electrons. The number of allylic oxidation sites excluding steroid dienone is 1. The number of esters is 1. The number of carbonyl (C=O) groups is 2. The van der Waals surface area contributed by atoms with Gasteiger partial charge in [-0.25, -0.2) is 4.79 Å². The van der Waals surface area contributed by atoms with E-state index in [2.05, 4.69) is 0 Å². The maximum Gasteiger partial charge on any atom is 0.333 e. The number of benzene rings is 1. The Hall–Kier alpha value is -1.98. The molecule has 1 fully saturated rings. The van der Waals surface area contributed by atoms with Crippen molar-refractivity contribution in [3.8, 4) is 0 Å². The molecule has 1 aromatic rings. The molecule has 1 aromatic carbocycles. The third kappa shape index (κ3) is 2.23. The number of rotatable bonds is 4. The molecule has 0 aromatic heterocycles. The van der Waals surface area contributed by atoms with E-state index in [0.29, 0.717) is 12.0 Å². The fourth-order valence-electron chi connectivity index (χ4n) is 3.92. The summed E-state index contributed by atoms with van der Waals surface area (Å²) in [6.45, 7) is 0. The average molecular weight is 316 g/mol. The number of carbonyl (C=O) groups excluding carboxylic acids is 2. The van der Waals surface area contributed by atoms with Gasteiger partial charge in [0.25, 0.3) is 0 Å². The third-order valence-corrected chi connectivity index (χ3v) is 5.02. The maximum atomic E-state index is 13.0. The summed E-state index contributed by atoms with van der Waals surface area (Å²) in [6, 6.07) is 9.85. The molecule has 2 bridgehead atoms. The van der Waals surface area contributed by atoms with Crippen molar-refractivity contribution in [1.29, 1.82) is 0 Å². The minimum atomic E-state index is -1.41. The quantitative estimate of drug-likeness (QED) is 0.629. The van der Waals surface area contributed by atoms with Crippen LogP contribution in [0.4, 0.5) is 0 Å². The Morgan fingerprint density at radius 1 is 1.13 bits per heavy atom. The Kier molecular flexibility index (Phi) is 4.08. The van der Waals surface area contributed by atoms with Crippen molar-refractivity contribution in [3.63, 3.8) is 0 Å². The number of ketones is 1. The smallest absolute Gasteiger partial charge is 0.333 e. The van der Waals surface area contributed by atoms with E-state index in [1.54, 1.807) is 6.08 Å². The molecular formula is C18H20O5. The molecule has 23 heavy (non-hydrogen) atoms. The maximum absolute atomic E-state index is 13.0. The average Bonchev–Trinajstić information content (AvgIpc) is 2.62. The van der Waals surface area contributed by atoms with E-state index in [-0.39, 0.29) is 11.7 Å². The Balaban J connectivity index is 2.08. The number of hydrogen-bond acceptors (Lipinski definition) is 5. The largest absolute Gasteiger partial charge is 0.466 e. The van der Waals surface area contributed by atoms with E-state index >= 15 is 0 Å². The van der Waals surface area contributed by atoms with Crippen molar-refractivity contribution in [2.24, 2.45) is 11.8 Å². The molecule has 0 spiro atoms. The zero-order chi connectivity index (χ0) is 16.6. The van der Waals surface area contributed by atoms with Crippen LogP contribution in [0.5, 0.6) is 0 Å². The van der Waals surface area contributed by atoms with Gasteiger partial charge in [0.1, 0.15) is 0 Å². The van der Waals surface area contributed by atoms with E-state index in [4.69, 9.17) is 14.2 Å². The molecule has 0 radical (unpaired) electrons. The second-order valence-corrected chi connectivity index (χ2v) is 5.88. The lowest BCUT2D eigenvalue weighted by Gasteiger charge is -2.50. The Labute approximate surface area is 135 Å². The van der Waals surface area contributed by atoms with Gasteiger partial charge >= 0.3 is 5.97 Å². The number of hydrogen-bond donors (Lipinski definition) is 0. The minimum Gasteiger partial charge on any atom is -0.466 e. The van der Waals surface area contributed by atoms with E-state index < -0.39 is 23.6 Å². The minimum absolute atomic E-state index is 0.0144. The highest BCUT2D eigenvalue weighted by Gasteiger charge is 2.61. The van der Waals surface area contributed by atoms with Gasteiger partial charge in [0, 0.05) is 25.7 Å². The van der Waals surface area contributed by atoms with Crippen LogP contribution in [0.3, 0.4) is 0 Å². The van der Waals surface area contributed by atoms with Crippen molar-refractivity contribution < 1.29 is 23.8 Å². The van der Waals surface area contributed by atoms with Gasteiger partial charge in [0.05, 0.1) is 13.0 Å². The highest BCUT2D eigenvalue weighted by Crippen LogP contribution is 2.53. The molecule has 0 amide bonds. The summed E-state index contributed by atoms with van der Waals surface area (Å²) in [5.74, 6) is -2.91. The molecular weight excluding hydrogens is 296 g/mol. The van der Waals surface area contributed by atoms with Gasteiger partial charge in [-0.05, 0) is 17.9 Å². The molecule has 0 N–H and O–H groups in total. The topological polar surface area (TPSA) is 61.8 Å². The molecule has 3 aliphatic rings. The number of Topliss-reactive ketones (excluding diaryl/α,β-unsaturated/α-hetero) is 1. The zero-order valence-electron chi connectivity index (χ0n) is 13.4. The first kappa shape index (κ1) is 15.9. The van der Waals surface area contributed by atoms with Gasteiger partial charge in [-0.3, -0.25) is 4.79 Å². The summed E-state index contributed by atoms with van der Waals surface area (Å²) in [7, 11) is 4.21. The van der Waals surface area contributed by atoms with E-state index in [0.717, 1.165) is 5.56 Å². The first-order valence-electron chi connectivity index (χ1n) is 7.58. The molecule has 0 saturated heterocycles. The van der Waals surface area contributed by atoms with Crippen LogP contribution in [0.25, 0.3) is 0 Å². The van der Waals surface area contributed by atoms with Gasteiger partial charge in [-0.15, -0.1) is 0 Å². The van der Waals surface area contributed by atoms with Gasteiger partial charge in [0.2, 0.25) is 5.79 Å². The molecule has 0 unspecified atom stereocenters. The highest BCUT2D eigenvalue weighted by atomic mass is 16.7. The van der Waals surface area contributed by atoms with Gasteiger partial charge in [-0.1, -0.05) is 36.4 Å². The monoisotopic (exact) mass is 316 g/mol. The lowest BCUT2D eigenvalue weighted by Crippen LogP contribution is -2.60. The standard InChI is InChI=1S/C18H20O5/c1-21-17(20)14-9-13-12(11-7-5-4-6-8-11)10-15(14)18(22-2,23-3)16(13)19/h4-9,12-13,15H,10H2,1-3H3/t12-,13+,15+/m1/s1.